The van der Waals surface area contributed by atoms with Crippen molar-refractivity contribution in [1.82, 2.24) is 5.43 Å². The number of anilines is 2. The van der Waals surface area contributed by atoms with Gasteiger partial charge in [0.25, 0.3) is 15.9 Å². The molecular formula is C19H24N4O4S. The van der Waals surface area contributed by atoms with E-state index in [0.717, 1.165) is 9.87 Å². The van der Waals surface area contributed by atoms with Crippen LogP contribution in [0.4, 0.5) is 11.4 Å². The number of carbonyl (C=O) groups excluding carboxylic acids is 2. The Bertz CT molecular complexity index is 939. The highest BCUT2D eigenvalue weighted by molar-refractivity contribution is 7.92. The molecule has 2 aromatic rings. The van der Waals surface area contributed by atoms with Crippen molar-refractivity contribution >= 4 is 33.2 Å². The molecule has 0 heterocycles. The van der Waals surface area contributed by atoms with Gasteiger partial charge in [-0.25, -0.2) is 14.3 Å². The van der Waals surface area contributed by atoms with Gasteiger partial charge in [-0.05, 0) is 47.9 Å². The smallest absolute Gasteiger partial charge is 0.264 e. The van der Waals surface area contributed by atoms with Crippen LogP contribution >= 0.6 is 0 Å². The van der Waals surface area contributed by atoms with Gasteiger partial charge >= 0.3 is 0 Å². The topological polar surface area (TPSA) is 122 Å². The molecule has 0 aromatic heterocycles. The third kappa shape index (κ3) is 5.08. The molecule has 0 fully saturated rings. The summed E-state index contributed by atoms with van der Waals surface area (Å²) < 4.78 is 27.3. The number of sulfonamides is 1. The molecule has 0 aliphatic heterocycles. The van der Waals surface area contributed by atoms with Crippen molar-refractivity contribution in [2.24, 2.45) is 5.84 Å². The number of nitrogens with two attached hydrogens (primary N) is 1. The number of carbonyl (C=O) groups is 2. The molecule has 0 aliphatic rings. The Morgan fingerprint density at radius 3 is 2.07 bits per heavy atom. The number of nitrogens with one attached hydrogen (secondary N) is 2. The van der Waals surface area contributed by atoms with Crippen LogP contribution < -0.4 is 20.9 Å². The second-order valence-electron chi connectivity index (χ2n) is 6.53. The van der Waals surface area contributed by atoms with Crippen molar-refractivity contribution in [3.63, 3.8) is 0 Å². The molecule has 2 rings (SSSR count). The maximum Gasteiger partial charge on any atom is 0.264 e. The molecular weight excluding hydrogens is 380 g/mol. The number of nitrogens with zero attached hydrogens (tertiary/aromatic N) is 1. The Labute approximate surface area is 164 Å². The Kier molecular flexibility index (Phi) is 6.76. The van der Waals surface area contributed by atoms with E-state index in [9.17, 15) is 18.0 Å². The van der Waals surface area contributed by atoms with E-state index in [2.05, 4.69) is 5.32 Å². The van der Waals surface area contributed by atoms with E-state index in [0.29, 0.717) is 11.4 Å². The molecule has 150 valence electrons. The minimum absolute atomic E-state index is 0.0145. The predicted octanol–water partition coefficient (Wildman–Crippen LogP) is 1.95. The van der Waals surface area contributed by atoms with Crippen molar-refractivity contribution in [3.05, 3.63) is 54.1 Å². The van der Waals surface area contributed by atoms with Gasteiger partial charge in [0, 0.05) is 12.6 Å². The van der Waals surface area contributed by atoms with Gasteiger partial charge in [-0.15, -0.1) is 0 Å². The highest BCUT2D eigenvalue weighted by Gasteiger charge is 2.27. The van der Waals surface area contributed by atoms with Crippen LogP contribution in [0, 0.1) is 0 Å². The first-order chi connectivity index (χ1) is 13.1. The Morgan fingerprint density at radius 1 is 1.04 bits per heavy atom. The number of benzene rings is 2. The molecule has 0 atom stereocenters. The number of hydrogen-bond donors (Lipinski definition) is 3. The van der Waals surface area contributed by atoms with E-state index in [-0.39, 0.29) is 16.7 Å². The number of rotatable bonds is 7. The third-order valence-electron chi connectivity index (χ3n) is 4.06. The molecule has 0 bridgehead atoms. The molecule has 0 unspecified atom stereocenters. The molecule has 4 N–H and O–H groups in total. The summed E-state index contributed by atoms with van der Waals surface area (Å²) in [6, 6.07) is 12.7. The lowest BCUT2D eigenvalue weighted by molar-refractivity contribution is -0.119. The molecule has 0 radical (unpaired) electrons. The van der Waals surface area contributed by atoms with Gasteiger partial charge < -0.3 is 5.32 Å². The van der Waals surface area contributed by atoms with E-state index in [1.165, 1.54) is 31.2 Å². The first-order valence-electron chi connectivity index (χ1n) is 8.65. The minimum Gasteiger partial charge on any atom is -0.326 e. The number of amides is 2. The SMILES string of the molecule is CC(=O)Nc1ccc(S(=O)(=O)N(CC(=O)NN)c2ccc(C(C)C)cc2)cc1. The van der Waals surface area contributed by atoms with E-state index < -0.39 is 22.5 Å². The van der Waals surface area contributed by atoms with Gasteiger partial charge in [0.05, 0.1) is 10.6 Å². The van der Waals surface area contributed by atoms with Crippen molar-refractivity contribution in [2.45, 2.75) is 31.6 Å². The summed E-state index contributed by atoms with van der Waals surface area (Å²) in [6.07, 6.45) is 0. The molecule has 0 spiro atoms. The molecule has 2 aromatic carbocycles. The average molecular weight is 404 g/mol. The molecule has 0 aliphatic carbocycles. The first kappa shape index (κ1) is 21.4. The summed E-state index contributed by atoms with van der Waals surface area (Å²) in [5.74, 6) is 4.53. The quantitative estimate of drug-likeness (QED) is 0.370. The van der Waals surface area contributed by atoms with E-state index in [4.69, 9.17) is 5.84 Å². The van der Waals surface area contributed by atoms with E-state index in [1.54, 1.807) is 12.1 Å². The summed E-state index contributed by atoms with van der Waals surface area (Å²) in [5, 5.41) is 2.57. The Morgan fingerprint density at radius 2 is 1.61 bits per heavy atom. The van der Waals surface area contributed by atoms with Crippen LogP contribution in [-0.4, -0.2) is 26.8 Å². The van der Waals surface area contributed by atoms with Crippen LogP contribution in [0.3, 0.4) is 0 Å². The van der Waals surface area contributed by atoms with Gasteiger partial charge in [0.2, 0.25) is 5.91 Å². The molecule has 8 nitrogen and oxygen atoms in total. The predicted molar refractivity (Wildman–Crippen MR) is 108 cm³/mol. The fourth-order valence-electron chi connectivity index (χ4n) is 2.56. The third-order valence-corrected chi connectivity index (χ3v) is 5.85. The Hall–Kier alpha value is -2.91. The highest BCUT2D eigenvalue weighted by atomic mass is 32.2. The fraction of sp³-hybridized carbons (Fsp3) is 0.263. The second kappa shape index (κ2) is 8.85. The molecule has 28 heavy (non-hydrogen) atoms. The minimum atomic E-state index is -4.03. The lowest BCUT2D eigenvalue weighted by Crippen LogP contribution is -2.43. The average Bonchev–Trinajstić information content (AvgIpc) is 2.65. The van der Waals surface area contributed by atoms with Gasteiger partial charge in [-0.1, -0.05) is 26.0 Å². The van der Waals surface area contributed by atoms with Crippen molar-refractivity contribution in [3.8, 4) is 0 Å². The lowest BCUT2D eigenvalue weighted by Gasteiger charge is -2.24. The number of hydrogen-bond acceptors (Lipinski definition) is 5. The molecule has 2 amide bonds. The monoisotopic (exact) mass is 404 g/mol. The molecule has 9 heteroatoms. The second-order valence-corrected chi connectivity index (χ2v) is 8.39. The summed E-state index contributed by atoms with van der Waals surface area (Å²) in [5.41, 5.74) is 3.82. The van der Waals surface area contributed by atoms with Crippen LogP contribution in [0.5, 0.6) is 0 Å². The summed E-state index contributed by atoms with van der Waals surface area (Å²) in [6.45, 7) is 4.95. The Balaban J connectivity index is 2.43. The van der Waals surface area contributed by atoms with Crippen LogP contribution in [0.25, 0.3) is 0 Å². The highest BCUT2D eigenvalue weighted by Crippen LogP contribution is 2.26. The maximum absolute atomic E-state index is 13.2. The van der Waals surface area contributed by atoms with Crippen molar-refractivity contribution < 1.29 is 18.0 Å². The first-order valence-corrected chi connectivity index (χ1v) is 10.1. The lowest BCUT2D eigenvalue weighted by atomic mass is 10.0. The van der Waals surface area contributed by atoms with Gasteiger partial charge in [-0.3, -0.25) is 19.3 Å². The zero-order valence-corrected chi connectivity index (χ0v) is 16.8. The standard InChI is InChI=1S/C19H24N4O4S/c1-13(2)15-4-8-17(9-5-15)23(12-19(25)22-20)28(26,27)18-10-6-16(7-11-18)21-14(3)24/h4-11,13H,12,20H2,1-3H3,(H,21,24)(H,22,25). The molecule has 0 saturated heterocycles. The summed E-state index contributed by atoms with van der Waals surface area (Å²) in [7, 11) is -4.03. The van der Waals surface area contributed by atoms with Gasteiger partial charge in [0.1, 0.15) is 6.54 Å². The van der Waals surface area contributed by atoms with Crippen LogP contribution in [0.1, 0.15) is 32.3 Å². The van der Waals surface area contributed by atoms with Crippen LogP contribution in [-0.2, 0) is 19.6 Å². The molecule has 0 saturated carbocycles. The number of hydrazine groups is 1. The van der Waals surface area contributed by atoms with Crippen LogP contribution in [0.15, 0.2) is 53.4 Å². The fourth-order valence-corrected chi connectivity index (χ4v) is 3.98. The summed E-state index contributed by atoms with van der Waals surface area (Å²) in [4.78, 5) is 22.9. The van der Waals surface area contributed by atoms with E-state index >= 15 is 0 Å². The zero-order chi connectivity index (χ0) is 20.9. The normalized spacial score (nSPS) is 11.2. The largest absolute Gasteiger partial charge is 0.326 e. The van der Waals surface area contributed by atoms with Crippen molar-refractivity contribution in [2.75, 3.05) is 16.2 Å². The van der Waals surface area contributed by atoms with E-state index in [1.807, 2.05) is 31.4 Å². The van der Waals surface area contributed by atoms with Crippen LogP contribution in [0.2, 0.25) is 0 Å². The van der Waals surface area contributed by atoms with Gasteiger partial charge in [-0.2, -0.15) is 0 Å². The zero-order valence-electron chi connectivity index (χ0n) is 16.0. The van der Waals surface area contributed by atoms with Crippen molar-refractivity contribution in [1.29, 1.82) is 0 Å². The van der Waals surface area contributed by atoms with Gasteiger partial charge in [0.15, 0.2) is 0 Å². The summed E-state index contributed by atoms with van der Waals surface area (Å²) >= 11 is 0. The maximum atomic E-state index is 13.2.